The molecule has 124 valence electrons. The van der Waals surface area contributed by atoms with Gasteiger partial charge in [0, 0.05) is 30.4 Å². The molecule has 1 unspecified atom stereocenters. The molecular formula is C18H19N3O2S. The third-order valence-corrected chi connectivity index (χ3v) is 4.95. The van der Waals surface area contributed by atoms with Gasteiger partial charge in [0.15, 0.2) is 6.61 Å². The highest BCUT2D eigenvalue weighted by Gasteiger charge is 2.18. The van der Waals surface area contributed by atoms with E-state index in [-0.39, 0.29) is 18.6 Å². The number of carbonyl (C=O) groups is 1. The summed E-state index contributed by atoms with van der Waals surface area (Å²) in [5.74, 6) is 0.607. The van der Waals surface area contributed by atoms with Gasteiger partial charge in [0.05, 0.1) is 18.1 Å². The van der Waals surface area contributed by atoms with E-state index in [4.69, 9.17) is 4.74 Å². The highest BCUT2D eigenvalue weighted by molar-refractivity contribution is 7.10. The summed E-state index contributed by atoms with van der Waals surface area (Å²) in [5.41, 5.74) is 0.942. The summed E-state index contributed by atoms with van der Waals surface area (Å²) in [5, 5.41) is 2.02. The molecule has 0 saturated heterocycles. The van der Waals surface area contributed by atoms with Crippen molar-refractivity contribution in [2.45, 2.75) is 13.0 Å². The van der Waals surface area contributed by atoms with Crippen molar-refractivity contribution >= 4 is 17.2 Å². The summed E-state index contributed by atoms with van der Waals surface area (Å²) in [6, 6.07) is 11.7. The lowest BCUT2D eigenvalue weighted by molar-refractivity contribution is -0.133. The number of aromatic nitrogens is 2. The maximum absolute atomic E-state index is 12.4. The maximum Gasteiger partial charge on any atom is 0.260 e. The van der Waals surface area contributed by atoms with Crippen LogP contribution in [-0.2, 0) is 4.79 Å². The summed E-state index contributed by atoms with van der Waals surface area (Å²) in [6.07, 6.45) is 5.31. The molecule has 1 amide bonds. The molecule has 0 fully saturated rings. The first-order chi connectivity index (χ1) is 11.6. The smallest absolute Gasteiger partial charge is 0.260 e. The Hall–Kier alpha value is -2.60. The van der Waals surface area contributed by atoms with Gasteiger partial charge in [0.2, 0.25) is 0 Å². The molecule has 5 nitrogen and oxygen atoms in total. The molecular weight excluding hydrogens is 322 g/mol. The van der Waals surface area contributed by atoms with Gasteiger partial charge in [-0.25, -0.2) is 4.98 Å². The largest absolute Gasteiger partial charge is 0.484 e. The lowest BCUT2D eigenvalue weighted by atomic mass is 10.2. The number of hydrogen-bond donors (Lipinski definition) is 0. The minimum absolute atomic E-state index is 0.0135. The molecule has 0 aliphatic carbocycles. The van der Waals surface area contributed by atoms with E-state index >= 15 is 0 Å². The first kappa shape index (κ1) is 16.3. The van der Waals surface area contributed by atoms with Crippen LogP contribution in [0, 0.1) is 0 Å². The molecule has 3 aromatic rings. The van der Waals surface area contributed by atoms with E-state index in [1.54, 1.807) is 35.8 Å². The molecule has 0 saturated carbocycles. The second-order valence-electron chi connectivity index (χ2n) is 5.45. The van der Waals surface area contributed by atoms with Crippen LogP contribution in [0.5, 0.6) is 5.75 Å². The van der Waals surface area contributed by atoms with Crippen LogP contribution in [0.15, 0.2) is 60.5 Å². The molecule has 2 heterocycles. The lowest BCUT2D eigenvalue weighted by Crippen LogP contribution is -2.33. The Kier molecular flexibility index (Phi) is 4.96. The first-order valence-electron chi connectivity index (χ1n) is 7.65. The SMILES string of the molecule is CC(c1cccs1)N(C)C(=O)COc1cccc(-n2ccnc2)c1. The standard InChI is InChI=1S/C18H19N3O2S/c1-14(17-7-4-10-24-17)20(2)18(22)12-23-16-6-3-5-15(11-16)21-9-8-19-13-21/h3-11,13-14H,12H2,1-2H3. The van der Waals surface area contributed by atoms with Crippen LogP contribution in [0.1, 0.15) is 17.8 Å². The van der Waals surface area contributed by atoms with Crippen molar-refractivity contribution in [2.75, 3.05) is 13.7 Å². The van der Waals surface area contributed by atoms with Crippen LogP contribution in [-0.4, -0.2) is 34.0 Å². The highest BCUT2D eigenvalue weighted by Crippen LogP contribution is 2.23. The van der Waals surface area contributed by atoms with Gasteiger partial charge >= 0.3 is 0 Å². The Labute approximate surface area is 145 Å². The molecule has 0 bridgehead atoms. The predicted octanol–water partition coefficient (Wildman–Crippen LogP) is 3.53. The molecule has 0 radical (unpaired) electrons. The zero-order chi connectivity index (χ0) is 16.9. The molecule has 2 aromatic heterocycles. The second-order valence-corrected chi connectivity index (χ2v) is 6.43. The van der Waals surface area contributed by atoms with E-state index in [2.05, 4.69) is 4.98 Å². The Balaban J connectivity index is 1.61. The van der Waals surface area contributed by atoms with Gasteiger partial charge in [0.1, 0.15) is 5.75 Å². The van der Waals surface area contributed by atoms with Crippen LogP contribution in [0.25, 0.3) is 5.69 Å². The number of ether oxygens (including phenoxy) is 1. The summed E-state index contributed by atoms with van der Waals surface area (Å²) in [6.45, 7) is 2.03. The van der Waals surface area contributed by atoms with Crippen LogP contribution in [0.2, 0.25) is 0 Å². The average molecular weight is 341 g/mol. The minimum Gasteiger partial charge on any atom is -0.484 e. The molecule has 0 aliphatic rings. The number of benzene rings is 1. The van der Waals surface area contributed by atoms with E-state index < -0.39 is 0 Å². The van der Waals surface area contributed by atoms with Gasteiger partial charge in [-0.05, 0) is 30.5 Å². The molecule has 0 spiro atoms. The van der Waals surface area contributed by atoms with E-state index in [0.29, 0.717) is 5.75 Å². The Morgan fingerprint density at radius 3 is 2.96 bits per heavy atom. The van der Waals surface area contributed by atoms with Crippen molar-refractivity contribution in [1.29, 1.82) is 0 Å². The van der Waals surface area contributed by atoms with E-state index in [9.17, 15) is 4.79 Å². The monoisotopic (exact) mass is 341 g/mol. The fraction of sp³-hybridized carbons (Fsp3) is 0.222. The average Bonchev–Trinajstić information content (AvgIpc) is 3.32. The Morgan fingerprint density at radius 1 is 1.38 bits per heavy atom. The van der Waals surface area contributed by atoms with Crippen molar-refractivity contribution in [3.63, 3.8) is 0 Å². The predicted molar refractivity (Wildman–Crippen MR) is 94.6 cm³/mol. The van der Waals surface area contributed by atoms with Crippen LogP contribution in [0.4, 0.5) is 0 Å². The molecule has 3 rings (SSSR count). The van der Waals surface area contributed by atoms with Gasteiger partial charge in [-0.3, -0.25) is 4.79 Å². The molecule has 0 aliphatic heterocycles. The Morgan fingerprint density at radius 2 is 2.25 bits per heavy atom. The number of amides is 1. The molecule has 1 aromatic carbocycles. The van der Waals surface area contributed by atoms with E-state index in [0.717, 1.165) is 10.6 Å². The number of rotatable bonds is 6. The van der Waals surface area contributed by atoms with Crippen LogP contribution < -0.4 is 4.74 Å². The van der Waals surface area contributed by atoms with Crippen molar-refractivity contribution in [2.24, 2.45) is 0 Å². The van der Waals surface area contributed by atoms with Crippen molar-refractivity contribution in [3.05, 3.63) is 65.4 Å². The van der Waals surface area contributed by atoms with Gasteiger partial charge in [-0.1, -0.05) is 12.1 Å². The highest BCUT2D eigenvalue weighted by atomic mass is 32.1. The third kappa shape index (κ3) is 3.65. The molecule has 1 atom stereocenters. The van der Waals surface area contributed by atoms with E-state index in [1.165, 1.54) is 0 Å². The molecule has 0 N–H and O–H groups in total. The number of hydrogen-bond acceptors (Lipinski definition) is 4. The van der Waals surface area contributed by atoms with Crippen molar-refractivity contribution < 1.29 is 9.53 Å². The number of thiophene rings is 1. The zero-order valence-corrected chi connectivity index (χ0v) is 14.4. The van der Waals surface area contributed by atoms with E-state index in [1.807, 2.05) is 59.5 Å². The third-order valence-electron chi connectivity index (χ3n) is 3.91. The number of nitrogens with zero attached hydrogens (tertiary/aromatic N) is 3. The summed E-state index contributed by atoms with van der Waals surface area (Å²) < 4.78 is 7.56. The van der Waals surface area contributed by atoms with Gasteiger partial charge in [-0.2, -0.15) is 0 Å². The Bertz CT molecular complexity index is 784. The van der Waals surface area contributed by atoms with Crippen molar-refractivity contribution in [1.82, 2.24) is 14.5 Å². The fourth-order valence-corrected chi connectivity index (χ4v) is 3.15. The fourth-order valence-electron chi connectivity index (χ4n) is 2.33. The quantitative estimate of drug-likeness (QED) is 0.689. The normalized spacial score (nSPS) is 11.9. The van der Waals surface area contributed by atoms with Crippen molar-refractivity contribution in [3.8, 4) is 11.4 Å². The first-order valence-corrected chi connectivity index (χ1v) is 8.53. The molecule has 6 heteroatoms. The number of carbonyl (C=O) groups excluding carboxylic acids is 1. The lowest BCUT2D eigenvalue weighted by Gasteiger charge is -2.24. The van der Waals surface area contributed by atoms with Gasteiger partial charge < -0.3 is 14.2 Å². The van der Waals surface area contributed by atoms with Crippen LogP contribution in [0.3, 0.4) is 0 Å². The second kappa shape index (κ2) is 7.31. The van der Waals surface area contributed by atoms with Crippen LogP contribution >= 0.6 is 11.3 Å². The zero-order valence-electron chi connectivity index (χ0n) is 13.6. The molecule has 24 heavy (non-hydrogen) atoms. The number of imidazole rings is 1. The summed E-state index contributed by atoms with van der Waals surface area (Å²) in [7, 11) is 1.80. The maximum atomic E-state index is 12.4. The van der Waals surface area contributed by atoms with Gasteiger partial charge in [0.25, 0.3) is 5.91 Å². The summed E-state index contributed by atoms with van der Waals surface area (Å²) >= 11 is 1.65. The topological polar surface area (TPSA) is 47.4 Å². The summed E-state index contributed by atoms with van der Waals surface area (Å²) in [4.78, 5) is 19.3. The minimum atomic E-state index is -0.0519. The van der Waals surface area contributed by atoms with Gasteiger partial charge in [-0.15, -0.1) is 11.3 Å². The number of likely N-dealkylation sites (N-methyl/N-ethyl adjacent to an activating group) is 1.